The maximum absolute atomic E-state index is 12.4. The van der Waals surface area contributed by atoms with Crippen LogP contribution in [0.5, 0.6) is 0 Å². The fourth-order valence-corrected chi connectivity index (χ4v) is 2.32. The zero-order valence-corrected chi connectivity index (χ0v) is 11.6. The Morgan fingerprint density at radius 2 is 1.57 bits per heavy atom. The first-order valence-corrected chi connectivity index (χ1v) is 7.01. The van der Waals surface area contributed by atoms with Gasteiger partial charge in [0.2, 0.25) is 0 Å². The molecule has 0 aliphatic carbocycles. The molecular weight excluding hydrogens is 260 g/mol. The molecule has 0 saturated heterocycles. The summed E-state index contributed by atoms with van der Waals surface area (Å²) in [6.45, 7) is 0. The Labute approximate surface area is 123 Å². The number of benzene rings is 2. The third kappa shape index (κ3) is 3.08. The minimum Gasteiger partial charge on any atom is -0.292 e. The average Bonchev–Trinajstić information content (AvgIpc) is 3.04. The summed E-state index contributed by atoms with van der Waals surface area (Å²) >= 11 is 0. The van der Waals surface area contributed by atoms with Gasteiger partial charge in [-0.1, -0.05) is 48.5 Å². The molecule has 104 valence electrons. The monoisotopic (exact) mass is 276 g/mol. The molecule has 0 radical (unpaired) electrons. The van der Waals surface area contributed by atoms with Crippen LogP contribution in [0.1, 0.15) is 22.5 Å². The SMILES string of the molecule is O=C(CCc1ccccc1)c1ccnn1-c1ccccc1. The lowest BCUT2D eigenvalue weighted by molar-refractivity contribution is 0.0975. The third-order valence-electron chi connectivity index (χ3n) is 3.41. The second-order valence-corrected chi connectivity index (χ2v) is 4.87. The standard InChI is InChI=1S/C18H16N2O/c21-18(12-11-15-7-3-1-4-8-15)17-13-14-19-20(17)16-9-5-2-6-10-16/h1-10,13-14H,11-12H2. The highest BCUT2D eigenvalue weighted by Crippen LogP contribution is 2.13. The van der Waals surface area contributed by atoms with Crippen LogP contribution >= 0.6 is 0 Å². The molecule has 2 aromatic carbocycles. The van der Waals surface area contributed by atoms with Gasteiger partial charge in [0.15, 0.2) is 5.78 Å². The molecule has 0 bridgehead atoms. The second kappa shape index (κ2) is 6.18. The average molecular weight is 276 g/mol. The van der Waals surface area contributed by atoms with Crippen LogP contribution in [0.15, 0.2) is 72.9 Å². The zero-order valence-electron chi connectivity index (χ0n) is 11.6. The summed E-state index contributed by atoms with van der Waals surface area (Å²) in [5, 5.41) is 4.26. The van der Waals surface area contributed by atoms with Crippen LogP contribution < -0.4 is 0 Å². The van der Waals surface area contributed by atoms with Crippen LogP contribution in [-0.4, -0.2) is 15.6 Å². The summed E-state index contributed by atoms with van der Waals surface area (Å²) < 4.78 is 1.70. The van der Waals surface area contributed by atoms with Crippen LogP contribution in [0.3, 0.4) is 0 Å². The van der Waals surface area contributed by atoms with Crippen molar-refractivity contribution in [1.29, 1.82) is 0 Å². The number of ketones is 1. The second-order valence-electron chi connectivity index (χ2n) is 4.87. The van der Waals surface area contributed by atoms with Crippen LogP contribution in [0, 0.1) is 0 Å². The van der Waals surface area contributed by atoms with E-state index in [1.165, 1.54) is 5.56 Å². The Balaban J connectivity index is 1.76. The fraction of sp³-hybridized carbons (Fsp3) is 0.111. The minimum atomic E-state index is 0.111. The van der Waals surface area contributed by atoms with E-state index in [4.69, 9.17) is 0 Å². The van der Waals surface area contributed by atoms with Crippen molar-refractivity contribution < 1.29 is 4.79 Å². The zero-order chi connectivity index (χ0) is 14.5. The number of carbonyl (C=O) groups is 1. The van der Waals surface area contributed by atoms with Gasteiger partial charge in [0, 0.05) is 6.42 Å². The van der Waals surface area contributed by atoms with Gasteiger partial charge in [-0.3, -0.25) is 4.79 Å². The largest absolute Gasteiger partial charge is 0.292 e. The van der Waals surface area contributed by atoms with E-state index >= 15 is 0 Å². The highest BCUT2D eigenvalue weighted by molar-refractivity contribution is 5.95. The Bertz CT molecular complexity index is 717. The Hall–Kier alpha value is -2.68. The lowest BCUT2D eigenvalue weighted by Crippen LogP contribution is -2.09. The summed E-state index contributed by atoms with van der Waals surface area (Å²) in [7, 11) is 0. The molecule has 3 nitrogen and oxygen atoms in total. The molecule has 1 heterocycles. The number of hydrogen-bond donors (Lipinski definition) is 0. The van der Waals surface area contributed by atoms with Gasteiger partial charge >= 0.3 is 0 Å². The molecule has 0 N–H and O–H groups in total. The molecule has 0 amide bonds. The van der Waals surface area contributed by atoms with Crippen molar-refractivity contribution in [1.82, 2.24) is 9.78 Å². The number of aryl methyl sites for hydroxylation is 1. The molecule has 3 heteroatoms. The number of Topliss-reactive ketones (excluding diaryl/α,β-unsaturated/α-hetero) is 1. The summed E-state index contributed by atoms with van der Waals surface area (Å²) in [5.41, 5.74) is 2.72. The number of rotatable bonds is 5. The maximum atomic E-state index is 12.4. The van der Waals surface area contributed by atoms with Crippen molar-refractivity contribution in [3.63, 3.8) is 0 Å². The third-order valence-corrected chi connectivity index (χ3v) is 3.41. The number of nitrogens with zero attached hydrogens (tertiary/aromatic N) is 2. The van der Waals surface area contributed by atoms with Gasteiger partial charge in [0.05, 0.1) is 11.9 Å². The van der Waals surface area contributed by atoms with Crippen LogP contribution in [0.2, 0.25) is 0 Å². The molecule has 0 spiro atoms. The van der Waals surface area contributed by atoms with Gasteiger partial charge in [-0.25, -0.2) is 4.68 Å². The number of hydrogen-bond acceptors (Lipinski definition) is 2. The fourth-order valence-electron chi connectivity index (χ4n) is 2.32. The molecule has 3 aromatic rings. The van der Waals surface area contributed by atoms with E-state index in [0.29, 0.717) is 12.1 Å². The van der Waals surface area contributed by atoms with Crippen molar-refractivity contribution >= 4 is 5.78 Å². The molecule has 0 aliphatic rings. The van der Waals surface area contributed by atoms with Crippen LogP contribution in [0.25, 0.3) is 5.69 Å². The van der Waals surface area contributed by atoms with Gasteiger partial charge < -0.3 is 0 Å². The summed E-state index contributed by atoms with van der Waals surface area (Å²) in [6, 6.07) is 21.6. The van der Waals surface area contributed by atoms with E-state index in [1.807, 2.05) is 60.7 Å². The lowest BCUT2D eigenvalue weighted by Gasteiger charge is -2.06. The molecule has 1 aromatic heterocycles. The van der Waals surface area contributed by atoms with E-state index in [1.54, 1.807) is 16.9 Å². The van der Waals surface area contributed by atoms with Crippen molar-refractivity contribution in [2.75, 3.05) is 0 Å². The first kappa shape index (κ1) is 13.3. The normalized spacial score (nSPS) is 10.5. The summed E-state index contributed by atoms with van der Waals surface area (Å²) in [5.74, 6) is 0.111. The summed E-state index contributed by atoms with van der Waals surface area (Å²) in [4.78, 5) is 12.4. The van der Waals surface area contributed by atoms with E-state index in [9.17, 15) is 4.79 Å². The van der Waals surface area contributed by atoms with Gasteiger partial charge in [-0.15, -0.1) is 0 Å². The first-order valence-electron chi connectivity index (χ1n) is 7.01. The van der Waals surface area contributed by atoms with E-state index in [2.05, 4.69) is 5.10 Å². The number of carbonyl (C=O) groups excluding carboxylic acids is 1. The van der Waals surface area contributed by atoms with Crippen LogP contribution in [0.4, 0.5) is 0 Å². The molecule has 0 aliphatic heterocycles. The van der Waals surface area contributed by atoms with E-state index in [0.717, 1.165) is 12.1 Å². The molecule has 0 saturated carbocycles. The molecule has 0 fully saturated rings. The van der Waals surface area contributed by atoms with Crippen molar-refractivity contribution in [3.05, 3.63) is 84.2 Å². The quantitative estimate of drug-likeness (QED) is 0.666. The number of aromatic nitrogens is 2. The molecule has 0 atom stereocenters. The molecular formula is C18H16N2O. The van der Waals surface area contributed by atoms with Crippen molar-refractivity contribution in [3.8, 4) is 5.69 Å². The van der Waals surface area contributed by atoms with Gasteiger partial charge in [0.1, 0.15) is 5.69 Å². The highest BCUT2D eigenvalue weighted by atomic mass is 16.1. The van der Waals surface area contributed by atoms with Crippen LogP contribution in [-0.2, 0) is 6.42 Å². The highest BCUT2D eigenvalue weighted by Gasteiger charge is 2.13. The maximum Gasteiger partial charge on any atom is 0.181 e. The summed E-state index contributed by atoms with van der Waals surface area (Å²) in [6.07, 6.45) is 2.91. The van der Waals surface area contributed by atoms with E-state index < -0.39 is 0 Å². The molecule has 0 unspecified atom stereocenters. The predicted molar refractivity (Wildman–Crippen MR) is 82.7 cm³/mol. The van der Waals surface area contributed by atoms with Gasteiger partial charge in [-0.2, -0.15) is 5.10 Å². The topological polar surface area (TPSA) is 34.9 Å². The molecule has 21 heavy (non-hydrogen) atoms. The van der Waals surface area contributed by atoms with Gasteiger partial charge in [0.25, 0.3) is 0 Å². The van der Waals surface area contributed by atoms with Crippen molar-refractivity contribution in [2.45, 2.75) is 12.8 Å². The minimum absolute atomic E-state index is 0.111. The Morgan fingerprint density at radius 3 is 2.29 bits per heavy atom. The Kier molecular flexibility index (Phi) is 3.92. The predicted octanol–water partition coefficient (Wildman–Crippen LogP) is 3.69. The smallest absolute Gasteiger partial charge is 0.181 e. The van der Waals surface area contributed by atoms with E-state index in [-0.39, 0.29) is 5.78 Å². The Morgan fingerprint density at radius 1 is 0.905 bits per heavy atom. The first-order chi connectivity index (χ1) is 10.3. The lowest BCUT2D eigenvalue weighted by atomic mass is 10.1. The van der Waals surface area contributed by atoms with Gasteiger partial charge in [-0.05, 0) is 30.2 Å². The number of para-hydroxylation sites is 1. The van der Waals surface area contributed by atoms with Crippen molar-refractivity contribution in [2.24, 2.45) is 0 Å². The molecule has 3 rings (SSSR count).